The Hall–Kier alpha value is 0.01000. The molecule has 0 saturated carbocycles. The lowest BCUT2D eigenvalue weighted by Gasteiger charge is -2.30. The molecular formula is C12H19BrN2O3S2. The van der Waals surface area contributed by atoms with Crippen LogP contribution in [0.1, 0.15) is 18.7 Å². The molecule has 0 amide bonds. The molecule has 8 heteroatoms. The fourth-order valence-corrected chi connectivity index (χ4v) is 6.15. The molecule has 1 fully saturated rings. The molecule has 0 spiro atoms. The summed E-state index contributed by atoms with van der Waals surface area (Å²) in [6, 6.07) is 1.76. The molecule has 1 aliphatic rings. The SMILES string of the molecule is CCNCc1cc(S(=O)(=O)N2CCOC(C)C2)c(Br)s1. The van der Waals surface area contributed by atoms with Gasteiger partial charge in [0.15, 0.2) is 0 Å². The summed E-state index contributed by atoms with van der Waals surface area (Å²) in [5.41, 5.74) is 0. The van der Waals surface area contributed by atoms with Crippen molar-refractivity contribution in [3.05, 3.63) is 14.7 Å². The van der Waals surface area contributed by atoms with Gasteiger partial charge >= 0.3 is 0 Å². The van der Waals surface area contributed by atoms with Crippen molar-refractivity contribution in [1.29, 1.82) is 0 Å². The van der Waals surface area contributed by atoms with Crippen LogP contribution in [0, 0.1) is 0 Å². The Morgan fingerprint density at radius 3 is 3.00 bits per heavy atom. The quantitative estimate of drug-likeness (QED) is 0.846. The van der Waals surface area contributed by atoms with E-state index in [0.717, 1.165) is 11.4 Å². The second-order valence-corrected chi connectivity index (χ2v) is 9.04. The van der Waals surface area contributed by atoms with Crippen molar-refractivity contribution in [1.82, 2.24) is 9.62 Å². The summed E-state index contributed by atoms with van der Waals surface area (Å²) in [6.45, 7) is 6.74. The van der Waals surface area contributed by atoms with Crippen molar-refractivity contribution >= 4 is 37.3 Å². The lowest BCUT2D eigenvalue weighted by molar-refractivity contribution is 0.0102. The molecule has 0 aromatic carbocycles. The van der Waals surface area contributed by atoms with Crippen LogP contribution < -0.4 is 5.32 Å². The van der Waals surface area contributed by atoms with Crippen LogP contribution in [0.15, 0.2) is 14.7 Å². The Morgan fingerprint density at radius 2 is 2.35 bits per heavy atom. The molecule has 0 bridgehead atoms. The zero-order valence-corrected chi connectivity index (χ0v) is 14.8. The number of ether oxygens (including phenoxy) is 1. The molecule has 0 aliphatic carbocycles. The molecule has 0 radical (unpaired) electrons. The van der Waals surface area contributed by atoms with Crippen molar-refractivity contribution in [2.75, 3.05) is 26.2 Å². The zero-order valence-electron chi connectivity index (χ0n) is 11.6. The monoisotopic (exact) mass is 382 g/mol. The highest BCUT2D eigenvalue weighted by atomic mass is 79.9. The minimum Gasteiger partial charge on any atom is -0.376 e. The number of hydrogen-bond donors (Lipinski definition) is 1. The summed E-state index contributed by atoms with van der Waals surface area (Å²) >= 11 is 4.84. The summed E-state index contributed by atoms with van der Waals surface area (Å²) in [6.07, 6.45) is -0.0582. The third-order valence-corrected chi connectivity index (χ3v) is 7.19. The summed E-state index contributed by atoms with van der Waals surface area (Å²) in [5, 5.41) is 3.20. The molecule has 2 heterocycles. The molecule has 1 aliphatic heterocycles. The molecular weight excluding hydrogens is 364 g/mol. The first-order valence-electron chi connectivity index (χ1n) is 6.55. The summed E-state index contributed by atoms with van der Waals surface area (Å²) in [4.78, 5) is 1.38. The Morgan fingerprint density at radius 1 is 1.60 bits per heavy atom. The number of hydrogen-bond acceptors (Lipinski definition) is 5. The highest BCUT2D eigenvalue weighted by molar-refractivity contribution is 9.11. The van der Waals surface area contributed by atoms with E-state index in [4.69, 9.17) is 4.74 Å². The van der Waals surface area contributed by atoms with Crippen molar-refractivity contribution < 1.29 is 13.2 Å². The molecule has 114 valence electrons. The first kappa shape index (κ1) is 16.4. The van der Waals surface area contributed by atoms with Gasteiger partial charge in [0.25, 0.3) is 0 Å². The van der Waals surface area contributed by atoms with Crippen molar-refractivity contribution in [3.8, 4) is 0 Å². The number of rotatable bonds is 5. The summed E-state index contributed by atoms with van der Waals surface area (Å²) in [5.74, 6) is 0. The minimum atomic E-state index is -3.44. The third kappa shape index (κ3) is 3.61. The third-order valence-electron chi connectivity index (χ3n) is 3.08. The summed E-state index contributed by atoms with van der Waals surface area (Å²) < 4.78 is 32.9. The molecule has 2 rings (SSSR count). The molecule has 1 aromatic rings. The van der Waals surface area contributed by atoms with Crippen LogP contribution in [0.3, 0.4) is 0 Å². The minimum absolute atomic E-state index is 0.0582. The summed E-state index contributed by atoms with van der Waals surface area (Å²) in [7, 11) is -3.44. The molecule has 1 saturated heterocycles. The maximum Gasteiger partial charge on any atom is 0.245 e. The van der Waals surface area contributed by atoms with E-state index >= 15 is 0 Å². The standard InChI is InChI=1S/C12H19BrN2O3S2/c1-3-14-7-10-6-11(12(13)19-10)20(16,17)15-4-5-18-9(2)8-15/h6,9,14H,3-5,7-8H2,1-2H3. The van der Waals surface area contributed by atoms with E-state index in [1.54, 1.807) is 6.07 Å². The van der Waals surface area contributed by atoms with Gasteiger partial charge < -0.3 is 10.1 Å². The average Bonchev–Trinajstić information content (AvgIpc) is 2.78. The van der Waals surface area contributed by atoms with Crippen LogP contribution >= 0.6 is 27.3 Å². The molecule has 1 aromatic heterocycles. The van der Waals surface area contributed by atoms with E-state index in [1.807, 2.05) is 13.8 Å². The number of sulfonamides is 1. The maximum atomic E-state index is 12.7. The lowest BCUT2D eigenvalue weighted by atomic mass is 10.3. The second kappa shape index (κ2) is 6.85. The Bertz CT molecular complexity index is 559. The number of morpholine rings is 1. The molecule has 20 heavy (non-hydrogen) atoms. The Balaban J connectivity index is 2.22. The van der Waals surface area contributed by atoms with E-state index in [0.29, 0.717) is 34.9 Å². The highest BCUT2D eigenvalue weighted by Crippen LogP contribution is 2.34. The topological polar surface area (TPSA) is 58.6 Å². The fourth-order valence-electron chi connectivity index (χ4n) is 2.05. The van der Waals surface area contributed by atoms with Crippen LogP contribution in [-0.4, -0.2) is 45.1 Å². The van der Waals surface area contributed by atoms with Gasteiger partial charge in [-0.15, -0.1) is 11.3 Å². The van der Waals surface area contributed by atoms with Crippen LogP contribution in [-0.2, 0) is 21.3 Å². The van der Waals surface area contributed by atoms with E-state index in [-0.39, 0.29) is 6.10 Å². The number of nitrogens with zero attached hydrogens (tertiary/aromatic N) is 1. The molecule has 1 N–H and O–H groups in total. The fraction of sp³-hybridized carbons (Fsp3) is 0.667. The highest BCUT2D eigenvalue weighted by Gasteiger charge is 2.31. The normalized spacial score (nSPS) is 21.2. The number of halogens is 1. The molecule has 1 unspecified atom stereocenters. The van der Waals surface area contributed by atoms with Crippen LogP contribution in [0.25, 0.3) is 0 Å². The predicted molar refractivity (Wildman–Crippen MR) is 83.6 cm³/mol. The van der Waals surface area contributed by atoms with Gasteiger partial charge in [-0.1, -0.05) is 6.92 Å². The second-order valence-electron chi connectivity index (χ2n) is 4.68. The van der Waals surface area contributed by atoms with Gasteiger partial charge in [0.05, 0.1) is 16.5 Å². The van der Waals surface area contributed by atoms with Gasteiger partial charge in [-0.25, -0.2) is 8.42 Å². The van der Waals surface area contributed by atoms with E-state index < -0.39 is 10.0 Å². The van der Waals surface area contributed by atoms with Gasteiger partial charge in [0.1, 0.15) is 4.90 Å². The lowest BCUT2D eigenvalue weighted by Crippen LogP contribution is -2.44. The van der Waals surface area contributed by atoms with Crippen LogP contribution in [0.2, 0.25) is 0 Å². The molecule has 1 atom stereocenters. The molecule has 5 nitrogen and oxygen atoms in total. The Labute approximate surface area is 132 Å². The van der Waals surface area contributed by atoms with Gasteiger partial charge in [0.2, 0.25) is 10.0 Å². The van der Waals surface area contributed by atoms with Gasteiger partial charge in [-0.2, -0.15) is 4.31 Å². The van der Waals surface area contributed by atoms with Crippen LogP contribution in [0.4, 0.5) is 0 Å². The van der Waals surface area contributed by atoms with Crippen molar-refractivity contribution in [3.63, 3.8) is 0 Å². The van der Waals surface area contributed by atoms with Gasteiger partial charge in [0, 0.05) is 24.5 Å². The Kier molecular flexibility index (Phi) is 5.61. The van der Waals surface area contributed by atoms with Crippen molar-refractivity contribution in [2.45, 2.75) is 31.4 Å². The van der Waals surface area contributed by atoms with E-state index in [1.165, 1.54) is 15.6 Å². The number of nitrogens with one attached hydrogen (secondary N) is 1. The van der Waals surface area contributed by atoms with E-state index in [9.17, 15) is 8.42 Å². The van der Waals surface area contributed by atoms with Crippen LogP contribution in [0.5, 0.6) is 0 Å². The first-order chi connectivity index (χ1) is 9.45. The van der Waals surface area contributed by atoms with Gasteiger partial charge in [-0.05, 0) is 35.5 Å². The van der Waals surface area contributed by atoms with E-state index in [2.05, 4.69) is 21.2 Å². The zero-order chi connectivity index (χ0) is 14.8. The van der Waals surface area contributed by atoms with Crippen molar-refractivity contribution in [2.24, 2.45) is 0 Å². The smallest absolute Gasteiger partial charge is 0.245 e. The maximum absolute atomic E-state index is 12.7. The number of thiophene rings is 1. The average molecular weight is 383 g/mol. The predicted octanol–water partition coefficient (Wildman–Crippen LogP) is 2.03. The largest absolute Gasteiger partial charge is 0.376 e. The first-order valence-corrected chi connectivity index (χ1v) is 9.60. The van der Waals surface area contributed by atoms with Gasteiger partial charge in [-0.3, -0.25) is 0 Å².